The van der Waals surface area contributed by atoms with Gasteiger partial charge in [-0.1, -0.05) is 26.0 Å². The van der Waals surface area contributed by atoms with Crippen LogP contribution in [0.25, 0.3) is 0 Å². The third-order valence-corrected chi connectivity index (χ3v) is 3.96. The number of esters is 1. The molecule has 7 nitrogen and oxygen atoms in total. The summed E-state index contributed by atoms with van der Waals surface area (Å²) in [5, 5.41) is 2.62. The largest absolute Gasteiger partial charge is 0.454 e. The Morgan fingerprint density at radius 1 is 1.22 bits per heavy atom. The molecule has 1 aliphatic heterocycles. The zero-order valence-corrected chi connectivity index (χ0v) is 13.4. The molecule has 1 saturated heterocycles. The lowest BCUT2D eigenvalue weighted by Crippen LogP contribution is -2.38. The summed E-state index contributed by atoms with van der Waals surface area (Å²) in [5.74, 6) is -2.24. The molecule has 23 heavy (non-hydrogen) atoms. The van der Waals surface area contributed by atoms with Gasteiger partial charge in [0.05, 0.1) is 11.8 Å². The predicted molar refractivity (Wildman–Crippen MR) is 80.9 cm³/mol. The van der Waals surface area contributed by atoms with Crippen molar-refractivity contribution in [1.29, 1.82) is 0 Å². The molecule has 0 aromatic heterocycles. The van der Waals surface area contributed by atoms with Crippen LogP contribution in [0.5, 0.6) is 0 Å². The van der Waals surface area contributed by atoms with Gasteiger partial charge in [-0.15, -0.1) is 0 Å². The van der Waals surface area contributed by atoms with Gasteiger partial charge >= 0.3 is 5.97 Å². The second-order valence-electron chi connectivity index (χ2n) is 6.28. The molecule has 1 N–H and O–H groups in total. The molecule has 0 aromatic rings. The average Bonchev–Trinajstić information content (AvgIpc) is 2.76. The van der Waals surface area contributed by atoms with E-state index in [1.54, 1.807) is 0 Å². The van der Waals surface area contributed by atoms with Crippen molar-refractivity contribution >= 4 is 23.7 Å². The van der Waals surface area contributed by atoms with E-state index in [0.29, 0.717) is 25.3 Å². The van der Waals surface area contributed by atoms with E-state index in [9.17, 15) is 19.2 Å². The molecule has 0 spiro atoms. The standard InChI is InChI=1S/C16H22N2O5/c1-10(2)7-17-13(19)9-23-14(20)8-18-15(21)11-5-3-4-6-12(11)16(18)22/h3-4,10-12H,5-9H2,1-2H3,(H,17,19)/t11-,12-/m1/s1. The molecule has 2 rings (SSSR count). The monoisotopic (exact) mass is 322 g/mol. The number of hydrogen-bond acceptors (Lipinski definition) is 5. The Labute approximate surface area is 135 Å². The van der Waals surface area contributed by atoms with Crippen molar-refractivity contribution in [3.63, 3.8) is 0 Å². The number of hydrogen-bond donors (Lipinski definition) is 1. The molecule has 0 bridgehead atoms. The van der Waals surface area contributed by atoms with Gasteiger partial charge in [0, 0.05) is 6.54 Å². The van der Waals surface area contributed by atoms with Crippen LogP contribution in [0.4, 0.5) is 0 Å². The third-order valence-electron chi connectivity index (χ3n) is 3.96. The maximum absolute atomic E-state index is 12.2. The zero-order valence-electron chi connectivity index (χ0n) is 13.4. The Morgan fingerprint density at radius 3 is 2.30 bits per heavy atom. The number of likely N-dealkylation sites (tertiary alicyclic amines) is 1. The van der Waals surface area contributed by atoms with Crippen molar-refractivity contribution in [1.82, 2.24) is 10.2 Å². The number of imide groups is 1. The first kappa shape index (κ1) is 17.2. The van der Waals surface area contributed by atoms with E-state index in [2.05, 4.69) is 5.32 Å². The van der Waals surface area contributed by atoms with Gasteiger partial charge in [0.15, 0.2) is 6.61 Å². The van der Waals surface area contributed by atoms with E-state index >= 15 is 0 Å². The van der Waals surface area contributed by atoms with Crippen molar-refractivity contribution in [2.24, 2.45) is 17.8 Å². The number of nitrogens with one attached hydrogen (secondary N) is 1. The van der Waals surface area contributed by atoms with Crippen LogP contribution in [0, 0.1) is 17.8 Å². The van der Waals surface area contributed by atoms with Crippen LogP contribution in [0.3, 0.4) is 0 Å². The molecule has 2 aliphatic rings. The van der Waals surface area contributed by atoms with Crippen molar-refractivity contribution in [3.05, 3.63) is 12.2 Å². The minimum Gasteiger partial charge on any atom is -0.454 e. The number of ether oxygens (including phenoxy) is 1. The van der Waals surface area contributed by atoms with E-state index in [1.807, 2.05) is 26.0 Å². The van der Waals surface area contributed by atoms with Crippen LogP contribution >= 0.6 is 0 Å². The molecule has 0 saturated carbocycles. The number of carbonyl (C=O) groups excluding carboxylic acids is 4. The quantitative estimate of drug-likeness (QED) is 0.430. The lowest BCUT2D eigenvalue weighted by molar-refractivity contribution is -0.154. The van der Waals surface area contributed by atoms with Gasteiger partial charge in [-0.05, 0) is 18.8 Å². The van der Waals surface area contributed by atoms with Gasteiger partial charge in [0.25, 0.3) is 5.91 Å². The zero-order chi connectivity index (χ0) is 17.0. The molecular weight excluding hydrogens is 300 g/mol. The fourth-order valence-electron chi connectivity index (χ4n) is 2.71. The van der Waals surface area contributed by atoms with E-state index in [4.69, 9.17) is 4.74 Å². The van der Waals surface area contributed by atoms with Gasteiger partial charge in [-0.25, -0.2) is 0 Å². The molecule has 1 aliphatic carbocycles. The first-order valence-electron chi connectivity index (χ1n) is 7.82. The highest BCUT2D eigenvalue weighted by molar-refractivity contribution is 6.07. The van der Waals surface area contributed by atoms with Crippen molar-refractivity contribution in [2.75, 3.05) is 19.7 Å². The molecule has 2 atom stereocenters. The average molecular weight is 322 g/mol. The fraction of sp³-hybridized carbons (Fsp3) is 0.625. The Balaban J connectivity index is 1.80. The summed E-state index contributed by atoms with van der Waals surface area (Å²) in [6, 6.07) is 0. The number of carbonyl (C=O) groups is 4. The van der Waals surface area contributed by atoms with E-state index in [1.165, 1.54) is 0 Å². The summed E-state index contributed by atoms with van der Waals surface area (Å²) < 4.78 is 4.84. The van der Waals surface area contributed by atoms with Gasteiger partial charge in [-0.3, -0.25) is 24.1 Å². The summed E-state index contributed by atoms with van der Waals surface area (Å²) in [7, 11) is 0. The molecule has 3 amide bonds. The lowest BCUT2D eigenvalue weighted by Gasteiger charge is -2.14. The van der Waals surface area contributed by atoms with Crippen molar-refractivity contribution < 1.29 is 23.9 Å². The number of nitrogens with zero attached hydrogens (tertiary/aromatic N) is 1. The van der Waals surface area contributed by atoms with Gasteiger partial charge in [0.1, 0.15) is 6.54 Å². The molecule has 7 heteroatoms. The SMILES string of the molecule is CC(C)CNC(=O)COC(=O)CN1C(=O)[C@@H]2CC=CC[C@H]2C1=O. The Bertz CT molecular complexity index is 515. The van der Waals surface area contributed by atoms with Crippen LogP contribution in [0.15, 0.2) is 12.2 Å². The molecule has 1 heterocycles. The molecule has 0 radical (unpaired) electrons. The second kappa shape index (κ2) is 7.39. The van der Waals surface area contributed by atoms with Crippen LogP contribution in [-0.4, -0.2) is 48.3 Å². The highest BCUT2D eigenvalue weighted by atomic mass is 16.5. The molecule has 126 valence electrons. The van der Waals surface area contributed by atoms with Crippen molar-refractivity contribution in [3.8, 4) is 0 Å². The van der Waals surface area contributed by atoms with E-state index < -0.39 is 25.0 Å². The lowest BCUT2D eigenvalue weighted by atomic mass is 9.85. The molecule has 0 unspecified atom stereocenters. The number of rotatable bonds is 6. The molecular formula is C16H22N2O5. The Hall–Kier alpha value is -2.18. The van der Waals surface area contributed by atoms with Gasteiger partial charge in [0.2, 0.25) is 11.8 Å². The van der Waals surface area contributed by atoms with Crippen LogP contribution in [-0.2, 0) is 23.9 Å². The molecule has 0 aromatic carbocycles. The van der Waals surface area contributed by atoms with Gasteiger partial charge in [-0.2, -0.15) is 0 Å². The summed E-state index contributed by atoms with van der Waals surface area (Å²) >= 11 is 0. The van der Waals surface area contributed by atoms with Crippen LogP contribution in [0.1, 0.15) is 26.7 Å². The van der Waals surface area contributed by atoms with E-state index in [0.717, 1.165) is 4.90 Å². The second-order valence-corrected chi connectivity index (χ2v) is 6.28. The number of fused-ring (bicyclic) bond motifs is 1. The summed E-state index contributed by atoms with van der Waals surface area (Å²) in [5.41, 5.74) is 0. The summed E-state index contributed by atoms with van der Waals surface area (Å²) in [4.78, 5) is 48.6. The number of amides is 3. The van der Waals surface area contributed by atoms with Crippen LogP contribution in [0.2, 0.25) is 0 Å². The van der Waals surface area contributed by atoms with E-state index in [-0.39, 0.29) is 23.7 Å². The maximum atomic E-state index is 12.2. The topological polar surface area (TPSA) is 92.8 Å². The smallest absolute Gasteiger partial charge is 0.326 e. The van der Waals surface area contributed by atoms with Crippen molar-refractivity contribution in [2.45, 2.75) is 26.7 Å². The Kier molecular flexibility index (Phi) is 5.52. The summed E-state index contributed by atoms with van der Waals surface area (Å²) in [6.45, 7) is 3.56. The highest BCUT2D eigenvalue weighted by Crippen LogP contribution is 2.34. The highest BCUT2D eigenvalue weighted by Gasteiger charge is 2.47. The normalized spacial score (nSPS) is 23.2. The predicted octanol–water partition coefficient (Wildman–Crippen LogP) is 0.253. The first-order chi connectivity index (χ1) is 10.9. The maximum Gasteiger partial charge on any atom is 0.326 e. The fourth-order valence-corrected chi connectivity index (χ4v) is 2.71. The Morgan fingerprint density at radius 2 is 1.78 bits per heavy atom. The first-order valence-corrected chi connectivity index (χ1v) is 7.82. The third kappa shape index (κ3) is 4.18. The number of allylic oxidation sites excluding steroid dienone is 2. The van der Waals surface area contributed by atoms with Crippen LogP contribution < -0.4 is 5.32 Å². The minimum atomic E-state index is -0.752. The summed E-state index contributed by atoms with van der Waals surface area (Å²) in [6.07, 6.45) is 4.82. The minimum absolute atomic E-state index is 0.298. The molecule has 1 fully saturated rings. The van der Waals surface area contributed by atoms with Gasteiger partial charge < -0.3 is 10.1 Å².